The summed E-state index contributed by atoms with van der Waals surface area (Å²) in [5, 5.41) is 1.72. The molecule has 0 bridgehead atoms. The van der Waals surface area contributed by atoms with E-state index in [1.807, 2.05) is 0 Å². The normalized spacial score (nSPS) is 16.6. The number of hydrogen-bond acceptors (Lipinski definition) is 0. The second-order valence-electron chi connectivity index (χ2n) is 5.76. The van der Waals surface area contributed by atoms with Crippen LogP contribution in [0.15, 0.2) is 44.8 Å². The van der Waals surface area contributed by atoms with Crippen molar-refractivity contribution in [2.75, 3.05) is 0 Å². The van der Waals surface area contributed by atoms with E-state index in [-0.39, 0.29) is 24.8 Å². The van der Waals surface area contributed by atoms with Crippen LogP contribution in [0.25, 0.3) is 0 Å². The Kier molecular flexibility index (Phi) is 12.1. The molecule has 0 N–H and O–H groups in total. The minimum absolute atomic E-state index is 0. The predicted octanol–water partition coefficient (Wildman–Crippen LogP) is -1.59. The molecule has 0 radical (unpaired) electrons. The number of allylic oxidation sites excluding steroid dienone is 7. The van der Waals surface area contributed by atoms with Crippen LogP contribution in [0, 0.1) is 0 Å². The van der Waals surface area contributed by atoms with Crippen molar-refractivity contribution in [3.8, 4) is 0 Å². The molecule has 5 heteroatoms. The van der Waals surface area contributed by atoms with Crippen LogP contribution in [0.3, 0.4) is 0 Å². The molecule has 0 spiro atoms. The molecule has 2 aliphatic rings. The second-order valence-corrected chi connectivity index (χ2v) is 12.4. The van der Waals surface area contributed by atoms with Crippen LogP contribution in [0.1, 0.15) is 6.42 Å². The van der Waals surface area contributed by atoms with Gasteiger partial charge in [0.05, 0.1) is 8.07 Å². The van der Waals surface area contributed by atoms with Crippen LogP contribution in [0.4, 0.5) is 0 Å². The van der Waals surface area contributed by atoms with Crippen LogP contribution in [-0.2, 0) is 24.7 Å². The molecule has 0 saturated heterocycles. The SMILES string of the molecule is CB1CC=CC=C1[Si](C)(C)C.[Cl-].[Cl-].[Zr+2][C]1=CC=CC1. The summed E-state index contributed by atoms with van der Waals surface area (Å²) in [4.78, 5) is 0. The Morgan fingerprint density at radius 2 is 1.63 bits per heavy atom. The Balaban J connectivity index is 0. The summed E-state index contributed by atoms with van der Waals surface area (Å²) in [7, 11) is -1.01. The van der Waals surface area contributed by atoms with Gasteiger partial charge in [-0.2, -0.15) is 0 Å². The van der Waals surface area contributed by atoms with Gasteiger partial charge in [0.2, 0.25) is 0 Å². The third-order valence-electron chi connectivity index (χ3n) is 3.07. The fourth-order valence-electron chi connectivity index (χ4n) is 2.18. The Morgan fingerprint density at radius 3 is 1.89 bits per heavy atom. The predicted molar refractivity (Wildman–Crippen MR) is 78.8 cm³/mol. The molecule has 0 nitrogen and oxygen atoms in total. The molecule has 0 amide bonds. The van der Waals surface area contributed by atoms with Crippen LogP contribution in [0.5, 0.6) is 0 Å². The standard InChI is InChI=1S/C9H17BSi.C5H5.2ClH.Zr/c1-10-8-6-5-7-9(10)11(2,3)4;1-2-4-5-3-1;;;/h5-7H,8H2,1-4H3;1-3H,4H2;2*1H;/q;;;;+2/p-2. The molecular formula is C14H22BCl2SiZr. The Morgan fingerprint density at radius 1 is 1.05 bits per heavy atom. The topological polar surface area (TPSA) is 0 Å². The van der Waals surface area contributed by atoms with Crippen molar-refractivity contribution in [2.45, 2.75) is 39.2 Å². The van der Waals surface area contributed by atoms with Crippen molar-refractivity contribution in [1.29, 1.82) is 0 Å². The molecule has 1 heterocycles. The number of rotatable bonds is 1. The van der Waals surface area contributed by atoms with Gasteiger partial charge in [0.25, 0.3) is 0 Å². The zero-order valence-electron chi connectivity index (χ0n) is 12.2. The van der Waals surface area contributed by atoms with Gasteiger partial charge in [-0.25, -0.2) is 0 Å². The molecule has 0 aromatic carbocycles. The van der Waals surface area contributed by atoms with Gasteiger partial charge in [-0.15, -0.1) is 5.10 Å². The Bertz CT molecular complexity index is 381. The van der Waals surface area contributed by atoms with Gasteiger partial charge in [0.15, 0.2) is 6.71 Å². The van der Waals surface area contributed by atoms with Crippen molar-refractivity contribution in [2.24, 2.45) is 0 Å². The van der Waals surface area contributed by atoms with Crippen molar-refractivity contribution < 1.29 is 49.5 Å². The van der Waals surface area contributed by atoms with E-state index in [4.69, 9.17) is 0 Å². The van der Waals surface area contributed by atoms with E-state index < -0.39 is 8.07 Å². The van der Waals surface area contributed by atoms with Crippen molar-refractivity contribution >= 4 is 14.8 Å². The van der Waals surface area contributed by atoms with E-state index in [9.17, 15) is 0 Å². The maximum absolute atomic E-state index is 2.43. The summed E-state index contributed by atoms with van der Waals surface area (Å²) >= 11 is 1.56. The molecule has 1 aliphatic carbocycles. The monoisotopic (exact) mass is 389 g/mol. The van der Waals surface area contributed by atoms with Gasteiger partial charge >= 0.3 is 52.6 Å². The van der Waals surface area contributed by atoms with Crippen molar-refractivity contribution in [1.82, 2.24) is 0 Å². The molecule has 0 unspecified atom stereocenters. The average Bonchev–Trinajstić information content (AvgIpc) is 2.69. The van der Waals surface area contributed by atoms with Crippen LogP contribution < -0.4 is 24.8 Å². The Hall–Kier alpha value is 0.705. The summed E-state index contributed by atoms with van der Waals surface area (Å²) in [6.07, 6.45) is 15.8. The fourth-order valence-corrected chi connectivity index (χ4v) is 4.90. The van der Waals surface area contributed by atoms with Crippen molar-refractivity contribution in [3.63, 3.8) is 0 Å². The minimum atomic E-state index is -1.01. The summed E-state index contributed by atoms with van der Waals surface area (Å²) in [6, 6.07) is 0. The third kappa shape index (κ3) is 8.55. The van der Waals surface area contributed by atoms with Gasteiger partial charge in [0, 0.05) is 0 Å². The van der Waals surface area contributed by atoms with E-state index in [1.165, 1.54) is 12.7 Å². The van der Waals surface area contributed by atoms with E-state index in [1.54, 1.807) is 33.1 Å². The van der Waals surface area contributed by atoms with Gasteiger partial charge < -0.3 is 24.8 Å². The number of hydrogen-bond donors (Lipinski definition) is 0. The molecular weight excluding hydrogens is 369 g/mol. The maximum atomic E-state index is 2.43. The molecule has 1 aliphatic heterocycles. The van der Waals surface area contributed by atoms with Gasteiger partial charge in [-0.1, -0.05) is 51.0 Å². The molecule has 0 aromatic heterocycles. The van der Waals surface area contributed by atoms with Crippen LogP contribution >= 0.6 is 0 Å². The van der Waals surface area contributed by atoms with E-state index >= 15 is 0 Å². The average molecular weight is 391 g/mol. The Labute approximate surface area is 147 Å². The molecule has 0 aromatic rings. The first-order valence-electron chi connectivity index (χ1n) is 6.36. The first-order valence-corrected chi connectivity index (χ1v) is 11.1. The summed E-state index contributed by atoms with van der Waals surface area (Å²) in [5.41, 5.74) is 0. The second kappa shape index (κ2) is 10.4. The molecule has 0 saturated carbocycles. The third-order valence-corrected chi connectivity index (χ3v) is 6.37. The molecule has 0 atom stereocenters. The molecule has 103 valence electrons. The summed E-state index contributed by atoms with van der Waals surface area (Å²) < 4.78 is 1.56. The van der Waals surface area contributed by atoms with Crippen molar-refractivity contribution in [3.05, 3.63) is 44.8 Å². The van der Waals surface area contributed by atoms with Gasteiger partial charge in [0.1, 0.15) is 0 Å². The van der Waals surface area contributed by atoms with Crippen LogP contribution in [-0.4, -0.2) is 14.8 Å². The molecule has 0 fully saturated rings. The quantitative estimate of drug-likeness (QED) is 0.473. The first kappa shape index (κ1) is 22.0. The van der Waals surface area contributed by atoms with E-state index in [0.29, 0.717) is 0 Å². The zero-order valence-corrected chi connectivity index (χ0v) is 17.2. The molecule has 19 heavy (non-hydrogen) atoms. The first-order chi connectivity index (χ1) is 7.91. The van der Waals surface area contributed by atoms with Gasteiger partial charge in [-0.05, 0) is 0 Å². The molecule has 2 rings (SSSR count). The van der Waals surface area contributed by atoms with Crippen LogP contribution in [0.2, 0.25) is 32.8 Å². The zero-order chi connectivity index (χ0) is 12.9. The fraction of sp³-hybridized carbons (Fsp3) is 0.429. The summed E-state index contributed by atoms with van der Waals surface area (Å²) in [5.74, 6) is 0. The van der Waals surface area contributed by atoms with Gasteiger partial charge in [-0.3, -0.25) is 0 Å². The number of halogens is 2. The van der Waals surface area contributed by atoms with E-state index in [0.717, 1.165) is 6.71 Å². The summed E-state index contributed by atoms with van der Waals surface area (Å²) in [6.45, 7) is 10.4. The van der Waals surface area contributed by atoms with E-state index in [2.05, 4.69) is 62.9 Å².